The Kier molecular flexibility index (Phi) is 8.10. The number of carbonyl (C=O) groups excluding carboxylic acids is 5. The normalized spacial score (nSPS) is 21.8. The standard InChI is InChI=1S/C31H29BrN6O7/c1-36-14-18(12-19(15-36)34-21-13-33-37(2)30(43)26(21)32)16-6-8-17(9-7-16)31(44)45-23-5-3-4-20-25(23)29(42)38(28(20)41)22-10-11-24(39)35-27(22)40/h3-9,13,18-19,22,34H,10-12,14-15H2,1-2H3,(H,35,39,40)/t18-,19+,22?/m1/s1. The van der Waals surface area contributed by atoms with Crippen LogP contribution in [0.1, 0.15) is 61.8 Å². The summed E-state index contributed by atoms with van der Waals surface area (Å²) in [6.07, 6.45) is 2.42. The van der Waals surface area contributed by atoms with E-state index in [0.29, 0.717) is 10.2 Å². The third-order valence-corrected chi connectivity index (χ3v) is 9.09. The van der Waals surface area contributed by atoms with Gasteiger partial charge in [-0.3, -0.25) is 34.2 Å². The number of hydrogen-bond acceptors (Lipinski definition) is 10. The molecule has 13 nitrogen and oxygen atoms in total. The van der Waals surface area contributed by atoms with Crippen molar-refractivity contribution in [1.82, 2.24) is 24.9 Å². The third-order valence-electron chi connectivity index (χ3n) is 8.32. The highest BCUT2D eigenvalue weighted by molar-refractivity contribution is 9.10. The maximum Gasteiger partial charge on any atom is 0.343 e. The molecule has 0 spiro atoms. The summed E-state index contributed by atoms with van der Waals surface area (Å²) in [6.45, 7) is 1.57. The molecule has 3 aromatic rings. The first-order chi connectivity index (χ1) is 21.5. The molecular weight excluding hydrogens is 648 g/mol. The van der Waals surface area contributed by atoms with E-state index in [4.69, 9.17) is 4.74 Å². The van der Waals surface area contributed by atoms with Crippen molar-refractivity contribution in [1.29, 1.82) is 0 Å². The van der Waals surface area contributed by atoms with Crippen LogP contribution in [0, 0.1) is 0 Å². The molecule has 4 amide bonds. The van der Waals surface area contributed by atoms with Crippen molar-refractivity contribution in [3.05, 3.63) is 85.7 Å². The van der Waals surface area contributed by atoms with Crippen LogP contribution in [-0.4, -0.2) is 81.4 Å². The second kappa shape index (κ2) is 12.0. The quantitative estimate of drug-likeness (QED) is 0.225. The SMILES string of the molecule is CN1C[C@@H](Nc2cnn(C)c(=O)c2Br)C[C@@H](c2ccc(C(=O)Oc3cccc4c3C(=O)N(C3CCC(=O)NC3=O)C4=O)cc2)C1. The van der Waals surface area contributed by atoms with Crippen molar-refractivity contribution >= 4 is 51.2 Å². The number of carbonyl (C=O) groups is 5. The molecule has 2 fully saturated rings. The minimum absolute atomic E-state index is 0.000518. The third kappa shape index (κ3) is 5.78. The number of likely N-dealkylation sites (tertiary alicyclic amines) is 1. The number of benzene rings is 2. The fraction of sp³-hybridized carbons (Fsp3) is 0.323. The fourth-order valence-electron chi connectivity index (χ4n) is 6.12. The van der Waals surface area contributed by atoms with Gasteiger partial charge in [-0.2, -0.15) is 5.10 Å². The van der Waals surface area contributed by atoms with Crippen molar-refractivity contribution in [2.24, 2.45) is 7.05 Å². The van der Waals surface area contributed by atoms with Crippen LogP contribution < -0.4 is 20.9 Å². The summed E-state index contributed by atoms with van der Waals surface area (Å²) in [5.74, 6) is -3.29. The summed E-state index contributed by atoms with van der Waals surface area (Å²) in [4.78, 5) is 78.8. The molecule has 4 heterocycles. The van der Waals surface area contributed by atoms with Crippen LogP contribution in [0.25, 0.3) is 0 Å². The lowest BCUT2D eigenvalue weighted by molar-refractivity contribution is -0.136. The summed E-state index contributed by atoms with van der Waals surface area (Å²) in [7, 11) is 3.61. The number of piperidine rings is 2. The highest BCUT2D eigenvalue weighted by Crippen LogP contribution is 2.34. The Balaban J connectivity index is 1.15. The largest absolute Gasteiger partial charge is 0.422 e. The van der Waals surface area contributed by atoms with Gasteiger partial charge in [0.15, 0.2) is 0 Å². The summed E-state index contributed by atoms with van der Waals surface area (Å²) in [5.41, 5.74) is 1.60. The van der Waals surface area contributed by atoms with Gasteiger partial charge in [-0.15, -0.1) is 0 Å². The molecule has 3 atom stereocenters. The summed E-state index contributed by atoms with van der Waals surface area (Å²) >= 11 is 3.37. The van der Waals surface area contributed by atoms with Crippen LogP contribution in [0.2, 0.25) is 0 Å². The van der Waals surface area contributed by atoms with Gasteiger partial charge in [-0.25, -0.2) is 9.48 Å². The smallest absolute Gasteiger partial charge is 0.343 e. The Bertz CT molecular complexity index is 1810. The van der Waals surface area contributed by atoms with Crippen LogP contribution in [0.4, 0.5) is 5.69 Å². The predicted molar refractivity (Wildman–Crippen MR) is 164 cm³/mol. The highest BCUT2D eigenvalue weighted by atomic mass is 79.9. The Hall–Kier alpha value is -4.69. The van der Waals surface area contributed by atoms with Crippen molar-refractivity contribution < 1.29 is 28.7 Å². The predicted octanol–water partition coefficient (Wildman–Crippen LogP) is 2.06. The van der Waals surface area contributed by atoms with Gasteiger partial charge < -0.3 is 15.0 Å². The molecule has 2 N–H and O–H groups in total. The number of esters is 1. The van der Waals surface area contributed by atoms with E-state index in [9.17, 15) is 28.8 Å². The average molecular weight is 678 g/mol. The molecule has 2 saturated heterocycles. The molecular formula is C31H29BrN6O7. The molecule has 6 rings (SSSR count). The van der Waals surface area contributed by atoms with Gasteiger partial charge in [0.2, 0.25) is 11.8 Å². The first-order valence-corrected chi connectivity index (χ1v) is 15.1. The van der Waals surface area contributed by atoms with Crippen LogP contribution in [0.5, 0.6) is 5.75 Å². The van der Waals surface area contributed by atoms with Crippen LogP contribution in [0.15, 0.2) is 57.9 Å². The van der Waals surface area contributed by atoms with Gasteiger partial charge in [-0.05, 0) is 71.6 Å². The first kappa shape index (κ1) is 30.3. The number of imide groups is 2. The van der Waals surface area contributed by atoms with Crippen LogP contribution in [0.3, 0.4) is 0 Å². The maximum atomic E-state index is 13.3. The maximum absolute atomic E-state index is 13.3. The Morgan fingerprint density at radius 1 is 1.02 bits per heavy atom. The van der Waals surface area contributed by atoms with E-state index in [-0.39, 0.29) is 52.8 Å². The zero-order valence-corrected chi connectivity index (χ0v) is 26.0. The molecule has 45 heavy (non-hydrogen) atoms. The van der Waals surface area contributed by atoms with Gasteiger partial charge in [0, 0.05) is 32.6 Å². The van der Waals surface area contributed by atoms with Gasteiger partial charge in [-0.1, -0.05) is 18.2 Å². The topological polar surface area (TPSA) is 160 Å². The van der Waals surface area contributed by atoms with Crippen molar-refractivity contribution in [2.45, 2.75) is 37.3 Å². The molecule has 0 saturated carbocycles. The van der Waals surface area contributed by atoms with Gasteiger partial charge >= 0.3 is 5.97 Å². The molecule has 1 aromatic heterocycles. The molecule has 0 radical (unpaired) electrons. The highest BCUT2D eigenvalue weighted by Gasteiger charge is 2.46. The summed E-state index contributed by atoms with van der Waals surface area (Å²) in [6, 6.07) is 10.3. The zero-order chi connectivity index (χ0) is 32.0. The lowest BCUT2D eigenvalue weighted by Crippen LogP contribution is -2.54. The number of halogens is 1. The molecule has 2 aromatic carbocycles. The van der Waals surface area contributed by atoms with E-state index < -0.39 is 35.6 Å². The number of likely N-dealkylation sites (N-methyl/N-ethyl adjacent to an activating group) is 1. The van der Waals surface area contributed by atoms with E-state index >= 15 is 0 Å². The zero-order valence-electron chi connectivity index (χ0n) is 24.4. The molecule has 1 unspecified atom stereocenters. The second-order valence-corrected chi connectivity index (χ2v) is 12.2. The number of aryl methyl sites for hydroxylation is 1. The summed E-state index contributed by atoms with van der Waals surface area (Å²) < 4.78 is 7.29. The van der Waals surface area contributed by atoms with E-state index in [2.05, 4.69) is 36.6 Å². The molecule has 14 heteroatoms. The van der Waals surface area contributed by atoms with E-state index in [1.54, 1.807) is 25.4 Å². The van der Waals surface area contributed by atoms with Crippen LogP contribution in [-0.2, 0) is 16.6 Å². The van der Waals surface area contributed by atoms with Crippen LogP contribution >= 0.6 is 15.9 Å². The van der Waals surface area contributed by atoms with Crippen molar-refractivity contribution in [3.8, 4) is 5.75 Å². The molecule has 232 valence electrons. The molecule has 3 aliphatic rings. The number of anilines is 1. The van der Waals surface area contributed by atoms with Crippen molar-refractivity contribution in [2.75, 3.05) is 25.5 Å². The average Bonchev–Trinajstić information content (AvgIpc) is 3.27. The Morgan fingerprint density at radius 3 is 2.51 bits per heavy atom. The fourth-order valence-corrected chi connectivity index (χ4v) is 6.59. The molecule has 0 aliphatic carbocycles. The number of amides is 4. The second-order valence-electron chi connectivity index (χ2n) is 11.4. The number of aromatic nitrogens is 2. The summed E-state index contributed by atoms with van der Waals surface area (Å²) in [5, 5.41) is 9.69. The lowest BCUT2D eigenvalue weighted by Gasteiger charge is -2.36. The first-order valence-electron chi connectivity index (χ1n) is 14.4. The Morgan fingerprint density at radius 2 is 1.78 bits per heavy atom. The molecule has 0 bridgehead atoms. The number of ether oxygens (including phenoxy) is 1. The van der Waals surface area contributed by atoms with Gasteiger partial charge in [0.1, 0.15) is 16.3 Å². The van der Waals surface area contributed by atoms with E-state index in [1.165, 1.54) is 22.9 Å². The van der Waals surface area contributed by atoms with Gasteiger partial charge in [0.05, 0.1) is 28.6 Å². The number of nitrogens with one attached hydrogen (secondary N) is 2. The minimum atomic E-state index is -1.13. The molecule has 3 aliphatic heterocycles. The number of rotatable bonds is 6. The Labute approximate surface area is 265 Å². The van der Waals surface area contributed by atoms with E-state index in [0.717, 1.165) is 30.0 Å². The number of nitrogens with zero attached hydrogens (tertiary/aromatic N) is 4. The lowest BCUT2D eigenvalue weighted by atomic mass is 9.88. The number of hydrogen-bond donors (Lipinski definition) is 2. The van der Waals surface area contributed by atoms with E-state index in [1.807, 2.05) is 19.2 Å². The van der Waals surface area contributed by atoms with Gasteiger partial charge in [0.25, 0.3) is 17.4 Å². The minimum Gasteiger partial charge on any atom is -0.422 e. The number of fused-ring (bicyclic) bond motifs is 1. The van der Waals surface area contributed by atoms with Crippen molar-refractivity contribution in [3.63, 3.8) is 0 Å². The monoisotopic (exact) mass is 676 g/mol.